The molecule has 11 heavy (non-hydrogen) atoms. The molecule has 60 valence electrons. The summed E-state index contributed by atoms with van der Waals surface area (Å²) in [6.07, 6.45) is 0. The second-order valence-electron chi connectivity index (χ2n) is 1.77. The molecule has 0 aliphatic heterocycles. The minimum absolute atomic E-state index is 0.182. The van der Waals surface area contributed by atoms with E-state index in [0.717, 1.165) is 0 Å². The minimum atomic E-state index is -0.182. The zero-order valence-corrected chi connectivity index (χ0v) is 7.47. The van der Waals surface area contributed by atoms with Crippen molar-refractivity contribution in [1.82, 2.24) is 20.2 Å². The maximum absolute atomic E-state index is 10.4. The van der Waals surface area contributed by atoms with Gasteiger partial charge in [-0.1, -0.05) is 11.8 Å². The number of carbonyl (C=O) groups excluding carboxylic acids is 1. The Hall–Kier alpha value is -0.560. The minimum Gasteiger partial charge on any atom is -0.287 e. The van der Waals surface area contributed by atoms with Crippen molar-refractivity contribution in [3.8, 4) is 0 Å². The van der Waals surface area contributed by atoms with Gasteiger partial charge >= 0.3 is 0 Å². The third kappa shape index (κ3) is 2.51. The van der Waals surface area contributed by atoms with Crippen LogP contribution < -0.4 is 0 Å². The van der Waals surface area contributed by atoms with E-state index in [0.29, 0.717) is 5.16 Å². The zero-order chi connectivity index (χ0) is 8.27. The molecule has 7 heteroatoms. The molecule has 0 bridgehead atoms. The van der Waals surface area contributed by atoms with Crippen LogP contribution in [0.5, 0.6) is 0 Å². The van der Waals surface area contributed by atoms with Gasteiger partial charge in [0, 0.05) is 7.05 Å². The monoisotopic (exact) mass is 190 g/mol. The molecule has 0 aromatic carbocycles. The van der Waals surface area contributed by atoms with Crippen molar-refractivity contribution in [3.63, 3.8) is 0 Å². The molecule has 1 aromatic heterocycles. The van der Waals surface area contributed by atoms with Crippen LogP contribution in [0.3, 0.4) is 0 Å². The summed E-state index contributed by atoms with van der Waals surface area (Å²) in [5, 5.41) is 11.1. The first-order valence-corrected chi connectivity index (χ1v) is 4.20. The van der Waals surface area contributed by atoms with E-state index < -0.39 is 0 Å². The molecular weight excluding hydrogens is 184 g/mol. The molecule has 0 saturated heterocycles. The zero-order valence-electron chi connectivity index (χ0n) is 5.76. The van der Waals surface area contributed by atoms with Gasteiger partial charge in [-0.05, 0) is 10.4 Å². The Morgan fingerprint density at radius 2 is 2.55 bits per heavy atom. The standard InChI is InChI=1S/C4H6N4OS2/c1-8-4(5-6-7-8)11-2-3(9)10/h2H2,1H3,(H,9,10). The lowest BCUT2D eigenvalue weighted by atomic mass is 10.9. The Bertz CT molecular complexity index is 260. The average Bonchev–Trinajstić information content (AvgIpc) is 2.31. The highest BCUT2D eigenvalue weighted by atomic mass is 32.2. The molecule has 1 heterocycles. The molecule has 0 saturated carbocycles. The van der Waals surface area contributed by atoms with Crippen molar-refractivity contribution in [3.05, 3.63) is 0 Å². The topological polar surface area (TPSA) is 60.7 Å². The van der Waals surface area contributed by atoms with Crippen molar-refractivity contribution >= 4 is 29.5 Å². The highest BCUT2D eigenvalue weighted by Crippen LogP contribution is 2.12. The van der Waals surface area contributed by atoms with Gasteiger partial charge in [-0.2, -0.15) is 0 Å². The van der Waals surface area contributed by atoms with Gasteiger partial charge in [0.2, 0.25) is 5.16 Å². The van der Waals surface area contributed by atoms with Gasteiger partial charge in [-0.15, -0.1) is 17.7 Å². The molecule has 0 amide bonds. The number of aryl methyl sites for hydroxylation is 1. The molecule has 1 rings (SSSR count). The predicted molar refractivity (Wildman–Crippen MR) is 43.5 cm³/mol. The highest BCUT2D eigenvalue weighted by molar-refractivity contribution is 8.04. The van der Waals surface area contributed by atoms with E-state index >= 15 is 0 Å². The molecule has 0 N–H and O–H groups in total. The van der Waals surface area contributed by atoms with Gasteiger partial charge in [-0.3, -0.25) is 4.79 Å². The van der Waals surface area contributed by atoms with E-state index in [-0.39, 0.29) is 10.9 Å². The van der Waals surface area contributed by atoms with Crippen LogP contribution in [0.15, 0.2) is 5.16 Å². The third-order valence-electron chi connectivity index (χ3n) is 0.906. The summed E-state index contributed by atoms with van der Waals surface area (Å²) in [5.41, 5.74) is 0. The first-order valence-electron chi connectivity index (χ1n) is 2.77. The number of rotatable bonds is 3. The molecule has 0 spiro atoms. The Morgan fingerprint density at radius 3 is 3.00 bits per heavy atom. The van der Waals surface area contributed by atoms with Crippen molar-refractivity contribution in [2.24, 2.45) is 7.05 Å². The van der Waals surface area contributed by atoms with Gasteiger partial charge in [0.1, 0.15) is 0 Å². The number of hydrogen-bond donors (Lipinski definition) is 1. The average molecular weight is 190 g/mol. The molecule has 1 aromatic rings. The number of nitrogens with zero attached hydrogens (tertiary/aromatic N) is 4. The van der Waals surface area contributed by atoms with Crippen molar-refractivity contribution in [2.45, 2.75) is 5.16 Å². The summed E-state index contributed by atoms with van der Waals surface area (Å²) in [4.78, 5) is 10.4. The van der Waals surface area contributed by atoms with Gasteiger partial charge in [-0.25, -0.2) is 4.68 Å². The van der Waals surface area contributed by atoms with Gasteiger partial charge in [0.25, 0.3) is 0 Å². The van der Waals surface area contributed by atoms with Crippen molar-refractivity contribution in [1.29, 1.82) is 0 Å². The number of aromatic nitrogens is 4. The lowest BCUT2D eigenvalue weighted by Gasteiger charge is -1.93. The van der Waals surface area contributed by atoms with E-state index in [1.165, 1.54) is 16.4 Å². The van der Waals surface area contributed by atoms with Crippen LogP contribution in [0.25, 0.3) is 0 Å². The van der Waals surface area contributed by atoms with Crippen LogP contribution in [0.2, 0.25) is 0 Å². The fourth-order valence-corrected chi connectivity index (χ4v) is 1.23. The van der Waals surface area contributed by atoms with E-state index in [2.05, 4.69) is 28.2 Å². The third-order valence-corrected chi connectivity index (χ3v) is 2.29. The maximum Gasteiger partial charge on any atom is 0.209 e. The van der Waals surface area contributed by atoms with E-state index in [9.17, 15) is 4.79 Å². The number of tetrazole rings is 1. The molecule has 5 nitrogen and oxygen atoms in total. The van der Waals surface area contributed by atoms with Gasteiger partial charge < -0.3 is 0 Å². The smallest absolute Gasteiger partial charge is 0.209 e. The summed E-state index contributed by atoms with van der Waals surface area (Å²) in [7, 11) is 1.71. The quantitative estimate of drug-likeness (QED) is 0.526. The summed E-state index contributed by atoms with van der Waals surface area (Å²) < 4.78 is 1.50. The summed E-state index contributed by atoms with van der Waals surface area (Å²) in [6, 6.07) is 0. The molecule has 0 aliphatic carbocycles. The number of thiol groups is 1. The largest absolute Gasteiger partial charge is 0.287 e. The Balaban J connectivity index is 2.51. The second-order valence-corrected chi connectivity index (χ2v) is 3.21. The number of thioether (sulfide) groups is 1. The highest BCUT2D eigenvalue weighted by Gasteiger charge is 2.03. The van der Waals surface area contributed by atoms with Crippen LogP contribution in [0.1, 0.15) is 0 Å². The molecule has 0 unspecified atom stereocenters. The normalized spacial score (nSPS) is 10.0. The summed E-state index contributed by atoms with van der Waals surface area (Å²) in [5.74, 6) is 0.289. The SMILES string of the molecule is Cn1nnnc1SCC(=O)S. The van der Waals surface area contributed by atoms with E-state index in [1.807, 2.05) is 0 Å². The van der Waals surface area contributed by atoms with Crippen LogP contribution in [-0.4, -0.2) is 31.1 Å². The van der Waals surface area contributed by atoms with E-state index in [4.69, 9.17) is 0 Å². The van der Waals surface area contributed by atoms with Gasteiger partial charge in [0.15, 0.2) is 5.12 Å². The second kappa shape index (κ2) is 3.72. The first kappa shape index (κ1) is 8.54. The Morgan fingerprint density at radius 1 is 1.82 bits per heavy atom. The van der Waals surface area contributed by atoms with Crippen LogP contribution in [-0.2, 0) is 11.8 Å². The van der Waals surface area contributed by atoms with Crippen molar-refractivity contribution in [2.75, 3.05) is 5.75 Å². The molecule has 0 aliphatic rings. The maximum atomic E-state index is 10.4. The van der Waals surface area contributed by atoms with Crippen LogP contribution in [0.4, 0.5) is 0 Å². The molecular formula is C4H6N4OS2. The Kier molecular flexibility index (Phi) is 2.89. The van der Waals surface area contributed by atoms with Crippen molar-refractivity contribution < 1.29 is 4.79 Å². The lowest BCUT2D eigenvalue weighted by molar-refractivity contribution is -0.108. The van der Waals surface area contributed by atoms with Gasteiger partial charge in [0.05, 0.1) is 5.75 Å². The fraction of sp³-hybridized carbons (Fsp3) is 0.500. The van der Waals surface area contributed by atoms with Crippen LogP contribution >= 0.6 is 24.4 Å². The fourth-order valence-electron chi connectivity index (χ4n) is 0.470. The van der Waals surface area contributed by atoms with Crippen LogP contribution in [0, 0.1) is 0 Å². The summed E-state index contributed by atoms with van der Waals surface area (Å²) in [6.45, 7) is 0. The number of carbonyl (C=O) groups is 1. The molecule has 0 fully saturated rings. The lowest BCUT2D eigenvalue weighted by Crippen LogP contribution is -1.96. The number of hydrogen-bond acceptors (Lipinski definition) is 5. The summed E-state index contributed by atoms with van der Waals surface area (Å²) >= 11 is 4.87. The first-order chi connectivity index (χ1) is 5.20. The molecule has 0 atom stereocenters. The predicted octanol–water partition coefficient (Wildman–Crippen LogP) is -0.241. The Labute approximate surface area is 72.9 Å². The van der Waals surface area contributed by atoms with E-state index in [1.54, 1.807) is 7.05 Å². The molecule has 0 radical (unpaired) electrons.